The largest absolute Gasteiger partial charge is 0.435 e. The molecule has 4 N–H and O–H groups in total. The highest BCUT2D eigenvalue weighted by molar-refractivity contribution is 6.00. The number of aromatic nitrogens is 2. The summed E-state index contributed by atoms with van der Waals surface area (Å²) in [7, 11) is 0. The average Bonchev–Trinajstić information content (AvgIpc) is 2.68. The third kappa shape index (κ3) is 2.24. The summed E-state index contributed by atoms with van der Waals surface area (Å²) < 4.78 is 38.5. The lowest BCUT2D eigenvalue weighted by Gasteiger charge is -2.07. The van der Waals surface area contributed by atoms with E-state index in [0.29, 0.717) is 5.56 Å². The molecule has 0 spiro atoms. The molecule has 5 nitrogen and oxygen atoms in total. The van der Waals surface area contributed by atoms with E-state index in [0.717, 1.165) is 0 Å². The maximum Gasteiger partial charge on any atom is 0.435 e. The number of alkyl halides is 3. The van der Waals surface area contributed by atoms with E-state index in [1.165, 1.54) is 12.1 Å². The number of carbonyl (C=O) groups is 1. The Morgan fingerprint density at radius 3 is 2.26 bits per heavy atom. The summed E-state index contributed by atoms with van der Waals surface area (Å²) in [6.07, 6.45) is -4.82. The summed E-state index contributed by atoms with van der Waals surface area (Å²) in [5.74, 6) is 3.95. The molecule has 1 aromatic heterocycles. The Labute approximate surface area is 105 Å². The summed E-state index contributed by atoms with van der Waals surface area (Å²) in [5.41, 5.74) is 3.05. The third-order valence-corrected chi connectivity index (χ3v) is 2.47. The van der Waals surface area contributed by atoms with E-state index in [1.807, 2.05) is 0 Å². The summed E-state index contributed by atoms with van der Waals surface area (Å²) in [5, 5.41) is 3.54. The highest BCUT2D eigenvalue weighted by Gasteiger charge is 2.41. The second-order valence-electron chi connectivity index (χ2n) is 3.74. The lowest BCUT2D eigenvalue weighted by molar-refractivity contribution is -0.143. The van der Waals surface area contributed by atoms with Crippen LogP contribution in [-0.2, 0) is 6.18 Å². The number of benzene rings is 1. The fourth-order valence-electron chi connectivity index (χ4n) is 1.74. The van der Waals surface area contributed by atoms with Crippen molar-refractivity contribution in [2.24, 2.45) is 5.73 Å². The number of nitrogens with two attached hydrogens (primary N) is 2. The van der Waals surface area contributed by atoms with Gasteiger partial charge in [-0.05, 0) is 0 Å². The van der Waals surface area contributed by atoms with Gasteiger partial charge in [0.2, 0.25) is 0 Å². The molecule has 0 aliphatic heterocycles. The number of nitrogen functional groups attached to an aromatic ring is 1. The fourth-order valence-corrected chi connectivity index (χ4v) is 1.74. The van der Waals surface area contributed by atoms with Crippen molar-refractivity contribution in [3.05, 3.63) is 41.6 Å². The van der Waals surface area contributed by atoms with E-state index in [1.54, 1.807) is 18.2 Å². The zero-order valence-electron chi connectivity index (χ0n) is 9.48. The van der Waals surface area contributed by atoms with Crippen LogP contribution in [0.15, 0.2) is 30.3 Å². The van der Waals surface area contributed by atoms with Crippen molar-refractivity contribution < 1.29 is 18.0 Å². The first-order chi connectivity index (χ1) is 8.82. The SMILES string of the molecule is NC(=O)c1c(-c2ccccc2)nn(N)c1C(F)(F)F. The van der Waals surface area contributed by atoms with Crippen molar-refractivity contribution in [3.8, 4) is 11.3 Å². The number of amides is 1. The minimum atomic E-state index is -4.82. The predicted molar refractivity (Wildman–Crippen MR) is 61.3 cm³/mol. The number of hydrogen-bond acceptors (Lipinski definition) is 3. The molecule has 1 heterocycles. The molecule has 0 atom stereocenters. The molecule has 0 bridgehead atoms. The zero-order chi connectivity index (χ0) is 14.2. The molecule has 0 saturated carbocycles. The van der Waals surface area contributed by atoms with Crippen molar-refractivity contribution >= 4 is 5.91 Å². The maximum absolute atomic E-state index is 12.8. The van der Waals surface area contributed by atoms with Crippen LogP contribution in [0.25, 0.3) is 11.3 Å². The average molecular weight is 270 g/mol. The van der Waals surface area contributed by atoms with Crippen LogP contribution in [0, 0.1) is 0 Å². The van der Waals surface area contributed by atoms with Gasteiger partial charge in [-0.15, -0.1) is 0 Å². The quantitative estimate of drug-likeness (QED) is 0.808. The van der Waals surface area contributed by atoms with Gasteiger partial charge < -0.3 is 11.6 Å². The first-order valence-electron chi connectivity index (χ1n) is 5.13. The molecule has 19 heavy (non-hydrogen) atoms. The minimum absolute atomic E-state index is 0.127. The van der Waals surface area contributed by atoms with Crippen molar-refractivity contribution in [3.63, 3.8) is 0 Å². The molecule has 100 valence electrons. The second kappa shape index (κ2) is 4.30. The molecule has 2 rings (SSSR count). The highest BCUT2D eigenvalue weighted by atomic mass is 19.4. The van der Waals surface area contributed by atoms with Gasteiger partial charge in [0.15, 0.2) is 5.69 Å². The van der Waals surface area contributed by atoms with Gasteiger partial charge in [0, 0.05) is 5.56 Å². The Bertz CT molecular complexity index is 619. The van der Waals surface area contributed by atoms with Crippen molar-refractivity contribution in [2.75, 3.05) is 5.84 Å². The van der Waals surface area contributed by atoms with Gasteiger partial charge in [0.25, 0.3) is 5.91 Å². The molecular formula is C11H9F3N4O. The molecule has 1 aromatic carbocycles. The van der Waals surface area contributed by atoms with Gasteiger partial charge in [0.05, 0.1) is 5.56 Å². The molecule has 1 amide bonds. The van der Waals surface area contributed by atoms with Crippen LogP contribution in [-0.4, -0.2) is 15.8 Å². The van der Waals surface area contributed by atoms with Crippen molar-refractivity contribution in [2.45, 2.75) is 6.18 Å². The lowest BCUT2D eigenvalue weighted by atomic mass is 10.1. The van der Waals surface area contributed by atoms with Crippen LogP contribution >= 0.6 is 0 Å². The van der Waals surface area contributed by atoms with Crippen molar-refractivity contribution in [1.82, 2.24) is 9.89 Å². The smallest absolute Gasteiger partial charge is 0.365 e. The second-order valence-corrected chi connectivity index (χ2v) is 3.74. The lowest BCUT2D eigenvalue weighted by Crippen LogP contribution is -2.24. The molecular weight excluding hydrogens is 261 g/mol. The summed E-state index contributed by atoms with van der Waals surface area (Å²) >= 11 is 0. The highest BCUT2D eigenvalue weighted by Crippen LogP contribution is 2.35. The Morgan fingerprint density at radius 2 is 1.79 bits per heavy atom. The van der Waals surface area contributed by atoms with Crippen LogP contribution < -0.4 is 11.6 Å². The van der Waals surface area contributed by atoms with E-state index in [2.05, 4.69) is 5.10 Å². The molecule has 2 aromatic rings. The van der Waals surface area contributed by atoms with Gasteiger partial charge in [-0.2, -0.15) is 23.1 Å². The first kappa shape index (κ1) is 12.9. The Balaban J connectivity index is 2.74. The summed E-state index contributed by atoms with van der Waals surface area (Å²) in [6.45, 7) is 0. The molecule has 0 fully saturated rings. The van der Waals surface area contributed by atoms with Gasteiger partial charge in [-0.3, -0.25) is 4.79 Å². The van der Waals surface area contributed by atoms with Gasteiger partial charge in [-0.1, -0.05) is 30.3 Å². The first-order valence-corrected chi connectivity index (χ1v) is 5.13. The molecule has 8 heteroatoms. The van der Waals surface area contributed by atoms with Gasteiger partial charge >= 0.3 is 6.18 Å². The van der Waals surface area contributed by atoms with Crippen LogP contribution in [0.2, 0.25) is 0 Å². The summed E-state index contributed by atoms with van der Waals surface area (Å²) in [4.78, 5) is 11.4. The zero-order valence-corrected chi connectivity index (χ0v) is 9.48. The monoisotopic (exact) mass is 270 g/mol. The number of hydrogen-bond donors (Lipinski definition) is 2. The van der Waals surface area contributed by atoms with Crippen LogP contribution in [0.3, 0.4) is 0 Å². The molecule has 0 unspecified atom stereocenters. The summed E-state index contributed by atoms with van der Waals surface area (Å²) in [6, 6.07) is 7.90. The third-order valence-electron chi connectivity index (χ3n) is 2.47. The van der Waals surface area contributed by atoms with E-state index in [9.17, 15) is 18.0 Å². The normalized spacial score (nSPS) is 11.5. The molecule has 0 radical (unpaired) electrons. The Kier molecular flexibility index (Phi) is 2.93. The predicted octanol–water partition coefficient (Wildman–Crippen LogP) is 1.38. The van der Waals surface area contributed by atoms with E-state index in [4.69, 9.17) is 11.6 Å². The number of carbonyl (C=O) groups excluding carboxylic acids is 1. The van der Waals surface area contributed by atoms with E-state index < -0.39 is 23.3 Å². The number of primary amides is 1. The Hall–Kier alpha value is -2.51. The van der Waals surface area contributed by atoms with E-state index in [-0.39, 0.29) is 10.5 Å². The van der Waals surface area contributed by atoms with Crippen LogP contribution in [0.1, 0.15) is 16.1 Å². The fraction of sp³-hybridized carbons (Fsp3) is 0.0909. The molecule has 0 saturated heterocycles. The molecule has 0 aliphatic rings. The molecule has 0 aliphatic carbocycles. The van der Waals surface area contributed by atoms with Gasteiger partial charge in [0.1, 0.15) is 5.69 Å². The number of nitrogens with zero attached hydrogens (tertiary/aromatic N) is 2. The number of halogens is 3. The van der Waals surface area contributed by atoms with Crippen LogP contribution in [0.4, 0.5) is 13.2 Å². The standard InChI is InChI=1S/C11H9F3N4O/c12-11(13,14)9-7(10(15)19)8(17-18(9)16)6-4-2-1-3-5-6/h1-5H,16H2,(H2,15,19). The Morgan fingerprint density at radius 1 is 1.21 bits per heavy atom. The van der Waals surface area contributed by atoms with E-state index >= 15 is 0 Å². The maximum atomic E-state index is 12.8. The van der Waals surface area contributed by atoms with Crippen LogP contribution in [0.5, 0.6) is 0 Å². The number of rotatable bonds is 2. The minimum Gasteiger partial charge on any atom is -0.365 e. The topological polar surface area (TPSA) is 86.9 Å². The van der Waals surface area contributed by atoms with Gasteiger partial charge in [-0.25, -0.2) is 0 Å². The van der Waals surface area contributed by atoms with Crippen molar-refractivity contribution in [1.29, 1.82) is 0 Å².